The Bertz CT molecular complexity index is 1090. The molecule has 1 amide bonds. The Morgan fingerprint density at radius 2 is 2.00 bits per heavy atom. The van der Waals surface area contributed by atoms with Gasteiger partial charge >= 0.3 is 0 Å². The second-order valence-corrected chi connectivity index (χ2v) is 8.51. The Hall–Kier alpha value is -3.39. The van der Waals surface area contributed by atoms with Crippen LogP contribution in [0.3, 0.4) is 0 Å². The number of aliphatic hydroxyl groups excluding tert-OH is 1. The molecule has 0 aliphatic carbocycles. The molecular weight excluding hydrogens is 426 g/mol. The number of aromatic nitrogens is 2. The molecular formula is C24H25N3O4S. The van der Waals surface area contributed by atoms with Crippen LogP contribution in [0.2, 0.25) is 0 Å². The molecule has 0 spiro atoms. The summed E-state index contributed by atoms with van der Waals surface area (Å²) in [5.41, 5.74) is 0.606. The van der Waals surface area contributed by atoms with Crippen LogP contribution in [0.15, 0.2) is 66.1 Å². The number of imidazole rings is 1. The van der Waals surface area contributed by atoms with E-state index in [9.17, 15) is 14.7 Å². The fraction of sp³-hybridized carbons (Fsp3) is 0.292. The lowest BCUT2D eigenvalue weighted by atomic mass is 10.00. The predicted octanol–water partition coefficient (Wildman–Crippen LogP) is 4.25. The van der Waals surface area contributed by atoms with Crippen LogP contribution in [-0.2, 0) is 16.1 Å². The normalized spacial score (nSPS) is 17.8. The van der Waals surface area contributed by atoms with Crippen LogP contribution in [-0.4, -0.2) is 44.4 Å². The zero-order valence-corrected chi connectivity index (χ0v) is 18.6. The molecule has 0 unspecified atom stereocenters. The first-order valence-electron chi connectivity index (χ1n) is 10.6. The van der Waals surface area contributed by atoms with E-state index < -0.39 is 17.7 Å². The van der Waals surface area contributed by atoms with Crippen molar-refractivity contribution >= 4 is 28.8 Å². The van der Waals surface area contributed by atoms with Gasteiger partial charge in [-0.2, -0.15) is 0 Å². The molecule has 1 fully saturated rings. The van der Waals surface area contributed by atoms with Gasteiger partial charge in [0.25, 0.3) is 11.7 Å². The summed E-state index contributed by atoms with van der Waals surface area (Å²) in [6.45, 7) is 3.71. The number of likely N-dealkylation sites (tertiary alicyclic amines) is 1. The zero-order valence-electron chi connectivity index (χ0n) is 17.8. The van der Waals surface area contributed by atoms with Gasteiger partial charge in [-0.1, -0.05) is 13.0 Å². The van der Waals surface area contributed by atoms with Crippen LogP contribution in [0.1, 0.15) is 36.2 Å². The van der Waals surface area contributed by atoms with Crippen LogP contribution in [0.25, 0.3) is 5.76 Å². The molecule has 32 heavy (non-hydrogen) atoms. The summed E-state index contributed by atoms with van der Waals surface area (Å²) in [5, 5.41) is 13.0. The van der Waals surface area contributed by atoms with E-state index in [1.165, 1.54) is 11.3 Å². The highest BCUT2D eigenvalue weighted by atomic mass is 32.1. The van der Waals surface area contributed by atoms with Gasteiger partial charge < -0.3 is 19.3 Å². The molecule has 3 aromatic rings. The molecule has 8 heteroatoms. The van der Waals surface area contributed by atoms with Crippen molar-refractivity contribution in [2.45, 2.75) is 32.4 Å². The minimum atomic E-state index is -0.658. The summed E-state index contributed by atoms with van der Waals surface area (Å²) >= 11 is 1.46. The number of Topliss-reactive ketones (excluding diaryl/α,β-unsaturated/α-hetero) is 1. The summed E-state index contributed by atoms with van der Waals surface area (Å²) < 4.78 is 7.52. The van der Waals surface area contributed by atoms with Crippen molar-refractivity contribution in [2.75, 3.05) is 13.2 Å². The van der Waals surface area contributed by atoms with Crippen molar-refractivity contribution in [3.05, 3.63) is 76.5 Å². The van der Waals surface area contributed by atoms with Crippen LogP contribution >= 0.6 is 11.3 Å². The Kier molecular flexibility index (Phi) is 6.70. The topological polar surface area (TPSA) is 84.7 Å². The Labute approximate surface area is 190 Å². The van der Waals surface area contributed by atoms with Gasteiger partial charge in [0.2, 0.25) is 0 Å². The van der Waals surface area contributed by atoms with E-state index in [4.69, 9.17) is 4.74 Å². The number of hydrogen-bond acceptors (Lipinski definition) is 6. The fourth-order valence-electron chi connectivity index (χ4n) is 3.78. The van der Waals surface area contributed by atoms with Crippen LogP contribution in [0, 0.1) is 0 Å². The molecule has 7 nitrogen and oxygen atoms in total. The van der Waals surface area contributed by atoms with E-state index in [0.717, 1.165) is 11.3 Å². The molecule has 1 aliphatic heterocycles. The van der Waals surface area contributed by atoms with Gasteiger partial charge in [-0.3, -0.25) is 9.59 Å². The summed E-state index contributed by atoms with van der Waals surface area (Å²) in [6, 6.07) is 10.1. The van der Waals surface area contributed by atoms with Gasteiger partial charge in [0, 0.05) is 35.9 Å². The fourth-order valence-corrected chi connectivity index (χ4v) is 4.63. The zero-order chi connectivity index (χ0) is 22.5. The number of hydrogen-bond donors (Lipinski definition) is 1. The monoisotopic (exact) mass is 451 g/mol. The van der Waals surface area contributed by atoms with Crippen molar-refractivity contribution in [3.8, 4) is 5.75 Å². The largest absolute Gasteiger partial charge is 0.507 e. The van der Waals surface area contributed by atoms with E-state index in [0.29, 0.717) is 37.4 Å². The SMILES string of the molecule is CCCOc1ccc(C(O)=C2C(=O)C(=O)N(CCCn3ccnc3)[C@H]2c2cccs2)cc1. The number of aryl methyl sites for hydroxylation is 1. The minimum Gasteiger partial charge on any atom is -0.507 e. The van der Waals surface area contributed by atoms with E-state index in [1.54, 1.807) is 41.7 Å². The number of thiophene rings is 1. The lowest BCUT2D eigenvalue weighted by Crippen LogP contribution is -2.31. The molecule has 4 rings (SSSR count). The van der Waals surface area contributed by atoms with Crippen LogP contribution < -0.4 is 4.74 Å². The Morgan fingerprint density at radius 3 is 2.66 bits per heavy atom. The number of ketones is 1. The first kappa shape index (κ1) is 21.8. The maximum atomic E-state index is 13.0. The van der Waals surface area contributed by atoms with Gasteiger partial charge in [0.05, 0.1) is 24.5 Å². The predicted molar refractivity (Wildman–Crippen MR) is 122 cm³/mol. The third kappa shape index (κ3) is 4.45. The standard InChI is InChI=1S/C24H25N3O4S/c1-2-14-31-18-8-6-17(7-9-18)22(28)20-21(19-5-3-15-32-19)27(24(30)23(20)29)12-4-11-26-13-10-25-16-26/h3,5-10,13,15-16,21,28H,2,4,11-12,14H2,1H3/t21-/m0/s1. The average molecular weight is 452 g/mol. The number of benzene rings is 1. The minimum absolute atomic E-state index is 0.127. The molecule has 166 valence electrons. The number of aliphatic hydroxyl groups is 1. The summed E-state index contributed by atoms with van der Waals surface area (Å²) in [7, 11) is 0. The molecule has 0 saturated carbocycles. The van der Waals surface area contributed by atoms with E-state index >= 15 is 0 Å². The first-order chi connectivity index (χ1) is 15.6. The van der Waals surface area contributed by atoms with Crippen molar-refractivity contribution in [2.24, 2.45) is 0 Å². The molecule has 1 N–H and O–H groups in total. The van der Waals surface area contributed by atoms with Gasteiger partial charge in [0.1, 0.15) is 11.5 Å². The van der Waals surface area contributed by atoms with Crippen molar-refractivity contribution in [1.29, 1.82) is 0 Å². The number of amides is 1. The highest BCUT2D eigenvalue weighted by molar-refractivity contribution is 7.10. The molecule has 3 heterocycles. The van der Waals surface area contributed by atoms with Gasteiger partial charge in [0.15, 0.2) is 0 Å². The second kappa shape index (κ2) is 9.82. The quantitative estimate of drug-likeness (QED) is 0.299. The van der Waals surface area contributed by atoms with Crippen molar-refractivity contribution in [3.63, 3.8) is 0 Å². The third-order valence-corrected chi connectivity index (χ3v) is 6.25. The molecule has 1 aromatic carbocycles. The molecule has 0 radical (unpaired) electrons. The maximum absolute atomic E-state index is 13.0. The number of rotatable bonds is 9. The molecule has 1 saturated heterocycles. The lowest BCUT2D eigenvalue weighted by molar-refractivity contribution is -0.139. The number of nitrogens with zero attached hydrogens (tertiary/aromatic N) is 3. The van der Waals surface area contributed by atoms with Crippen molar-refractivity contribution in [1.82, 2.24) is 14.5 Å². The number of carbonyl (C=O) groups is 2. The lowest BCUT2D eigenvalue weighted by Gasteiger charge is -2.24. The number of carbonyl (C=O) groups excluding carboxylic acids is 2. The second-order valence-electron chi connectivity index (χ2n) is 7.53. The smallest absolute Gasteiger partial charge is 0.295 e. The maximum Gasteiger partial charge on any atom is 0.295 e. The van der Waals surface area contributed by atoms with E-state index in [-0.39, 0.29) is 11.3 Å². The van der Waals surface area contributed by atoms with Crippen molar-refractivity contribution < 1.29 is 19.4 Å². The molecule has 1 aliphatic rings. The van der Waals surface area contributed by atoms with Gasteiger partial charge in [-0.05, 0) is 48.6 Å². The van der Waals surface area contributed by atoms with Gasteiger partial charge in [-0.15, -0.1) is 11.3 Å². The van der Waals surface area contributed by atoms with Crippen LogP contribution in [0.4, 0.5) is 0 Å². The Balaban J connectivity index is 1.63. The average Bonchev–Trinajstić information content (AvgIpc) is 3.56. The molecule has 2 aromatic heterocycles. The molecule has 0 bridgehead atoms. The summed E-state index contributed by atoms with van der Waals surface area (Å²) in [4.78, 5) is 32.3. The van der Waals surface area contributed by atoms with E-state index in [1.807, 2.05) is 35.2 Å². The first-order valence-corrected chi connectivity index (χ1v) is 11.5. The summed E-state index contributed by atoms with van der Waals surface area (Å²) in [5.74, 6) is -0.715. The number of ether oxygens (including phenoxy) is 1. The highest BCUT2D eigenvalue weighted by Gasteiger charge is 2.46. The molecule has 1 atom stereocenters. The van der Waals surface area contributed by atoms with E-state index in [2.05, 4.69) is 4.98 Å². The highest BCUT2D eigenvalue weighted by Crippen LogP contribution is 2.41. The Morgan fingerprint density at radius 1 is 1.19 bits per heavy atom. The van der Waals surface area contributed by atoms with Gasteiger partial charge in [-0.25, -0.2) is 4.98 Å². The summed E-state index contributed by atoms with van der Waals surface area (Å²) in [6.07, 6.45) is 6.84. The van der Waals surface area contributed by atoms with Crippen LogP contribution in [0.5, 0.6) is 5.75 Å². The third-order valence-electron chi connectivity index (χ3n) is 5.33.